The van der Waals surface area contributed by atoms with Crippen molar-refractivity contribution in [2.24, 2.45) is 0 Å². The van der Waals surface area contributed by atoms with Crippen LogP contribution in [0.5, 0.6) is 0 Å². The minimum atomic E-state index is -0.185. The predicted molar refractivity (Wildman–Crippen MR) is 80.0 cm³/mol. The fourth-order valence-corrected chi connectivity index (χ4v) is 2.68. The smallest absolute Gasteiger partial charge is 0.259 e. The highest BCUT2D eigenvalue weighted by molar-refractivity contribution is 9.10. The minimum Gasteiger partial charge on any atom is -0.466 e. The highest BCUT2D eigenvalue weighted by Crippen LogP contribution is 2.28. The highest BCUT2D eigenvalue weighted by atomic mass is 79.9. The van der Waals surface area contributed by atoms with E-state index in [4.69, 9.17) is 16.0 Å². The number of anilines is 1. The third-order valence-electron chi connectivity index (χ3n) is 2.97. The molecule has 0 aliphatic rings. The van der Waals surface area contributed by atoms with E-state index in [1.807, 2.05) is 13.8 Å². The molecule has 1 aromatic carbocycles. The Bertz CT molecular complexity index is 649. The minimum absolute atomic E-state index is 0.185. The number of carbonyl (C=O) groups excluding carboxylic acids is 1. The van der Waals surface area contributed by atoms with Gasteiger partial charge in [-0.3, -0.25) is 4.79 Å². The third-order valence-corrected chi connectivity index (χ3v) is 3.86. The van der Waals surface area contributed by atoms with Gasteiger partial charge in [-0.1, -0.05) is 11.6 Å². The van der Waals surface area contributed by atoms with Crippen molar-refractivity contribution in [3.63, 3.8) is 0 Å². The number of halogens is 2. The topological polar surface area (TPSA) is 42.2 Å². The molecule has 0 radical (unpaired) electrons. The monoisotopic (exact) mass is 341 g/mol. The lowest BCUT2D eigenvalue weighted by Gasteiger charge is -2.07. The molecule has 5 heteroatoms. The summed E-state index contributed by atoms with van der Waals surface area (Å²) in [5, 5.41) is 3.45. The molecule has 0 saturated heterocycles. The van der Waals surface area contributed by atoms with Gasteiger partial charge in [0.2, 0.25) is 0 Å². The molecule has 2 rings (SSSR count). The van der Waals surface area contributed by atoms with Crippen molar-refractivity contribution < 1.29 is 9.21 Å². The van der Waals surface area contributed by atoms with Crippen molar-refractivity contribution in [3.05, 3.63) is 50.3 Å². The van der Waals surface area contributed by atoms with Gasteiger partial charge in [-0.2, -0.15) is 0 Å². The van der Waals surface area contributed by atoms with E-state index in [1.54, 1.807) is 25.1 Å². The quantitative estimate of drug-likeness (QED) is 0.845. The Morgan fingerprint density at radius 3 is 2.47 bits per heavy atom. The molecule has 0 atom stereocenters. The number of nitrogens with one attached hydrogen (secondary N) is 1. The van der Waals surface area contributed by atoms with Gasteiger partial charge in [0.05, 0.1) is 11.3 Å². The molecule has 100 valence electrons. The number of amides is 1. The average molecular weight is 343 g/mol. The lowest BCUT2D eigenvalue weighted by molar-refractivity contribution is 0.102. The van der Waals surface area contributed by atoms with Gasteiger partial charge in [0.1, 0.15) is 11.5 Å². The highest BCUT2D eigenvalue weighted by Gasteiger charge is 2.19. The molecule has 0 bridgehead atoms. The molecule has 0 spiro atoms. The summed E-state index contributed by atoms with van der Waals surface area (Å²) in [6, 6.07) is 5.21. The summed E-state index contributed by atoms with van der Waals surface area (Å²) < 4.78 is 6.20. The van der Waals surface area contributed by atoms with Gasteiger partial charge in [0.25, 0.3) is 5.91 Å². The van der Waals surface area contributed by atoms with Crippen molar-refractivity contribution in [2.45, 2.75) is 20.8 Å². The van der Waals surface area contributed by atoms with Crippen LogP contribution >= 0.6 is 27.5 Å². The lowest BCUT2D eigenvalue weighted by atomic mass is 10.1. The van der Waals surface area contributed by atoms with Crippen LogP contribution < -0.4 is 5.32 Å². The molecule has 3 nitrogen and oxygen atoms in total. The Labute approximate surface area is 125 Å². The first-order valence-corrected chi connectivity index (χ1v) is 6.90. The summed E-state index contributed by atoms with van der Waals surface area (Å²) in [5.41, 5.74) is 2.12. The van der Waals surface area contributed by atoms with E-state index in [1.165, 1.54) is 0 Å². The van der Waals surface area contributed by atoms with Crippen LogP contribution in [-0.4, -0.2) is 5.91 Å². The second-order valence-corrected chi connectivity index (χ2v) is 5.58. The summed E-state index contributed by atoms with van der Waals surface area (Å²) in [7, 11) is 0. The molecule has 0 saturated carbocycles. The summed E-state index contributed by atoms with van der Waals surface area (Å²) in [6.45, 7) is 5.50. The standard InChI is InChI=1S/C14H13BrClNO2/c1-7-8(2)19-9(3)13(7)14(18)17-12-5-4-10(16)6-11(12)15/h4-6H,1-3H3,(H,17,18). The largest absolute Gasteiger partial charge is 0.466 e. The maximum atomic E-state index is 12.3. The summed E-state index contributed by atoms with van der Waals surface area (Å²) in [4.78, 5) is 12.3. The Hall–Kier alpha value is -1.26. The Morgan fingerprint density at radius 2 is 1.95 bits per heavy atom. The van der Waals surface area contributed by atoms with Crippen molar-refractivity contribution >= 4 is 39.1 Å². The molecule has 1 aromatic heterocycles. The van der Waals surface area contributed by atoms with Gasteiger partial charge in [-0.25, -0.2) is 0 Å². The van der Waals surface area contributed by atoms with E-state index in [2.05, 4.69) is 21.2 Å². The van der Waals surface area contributed by atoms with Crippen molar-refractivity contribution in [2.75, 3.05) is 5.32 Å². The van der Waals surface area contributed by atoms with Crippen LogP contribution in [0.1, 0.15) is 27.4 Å². The molecule has 0 aliphatic carbocycles. The number of furan rings is 1. The van der Waals surface area contributed by atoms with Gasteiger partial charge in [-0.15, -0.1) is 0 Å². The second-order valence-electron chi connectivity index (χ2n) is 4.29. The van der Waals surface area contributed by atoms with Gasteiger partial charge in [-0.05, 0) is 54.9 Å². The zero-order valence-corrected chi connectivity index (χ0v) is 13.1. The van der Waals surface area contributed by atoms with Gasteiger partial charge >= 0.3 is 0 Å². The molecule has 0 fully saturated rings. The molecule has 1 heterocycles. The maximum absolute atomic E-state index is 12.3. The van der Waals surface area contributed by atoms with Gasteiger partial charge < -0.3 is 9.73 Å². The third kappa shape index (κ3) is 2.85. The van der Waals surface area contributed by atoms with Crippen LogP contribution in [0.4, 0.5) is 5.69 Å². The van der Waals surface area contributed by atoms with Gasteiger partial charge in [0, 0.05) is 15.1 Å². The van der Waals surface area contributed by atoms with Crippen molar-refractivity contribution in [3.8, 4) is 0 Å². The Kier molecular flexibility index (Phi) is 4.02. The predicted octanol–water partition coefficient (Wildman–Crippen LogP) is 4.87. The van der Waals surface area contributed by atoms with Crippen LogP contribution in [0.2, 0.25) is 5.02 Å². The number of benzene rings is 1. The number of hydrogen-bond acceptors (Lipinski definition) is 2. The fraction of sp³-hybridized carbons (Fsp3) is 0.214. The maximum Gasteiger partial charge on any atom is 0.259 e. The van der Waals surface area contributed by atoms with Crippen LogP contribution in [0.25, 0.3) is 0 Å². The number of rotatable bonds is 2. The summed E-state index contributed by atoms with van der Waals surface area (Å²) in [6.07, 6.45) is 0. The Morgan fingerprint density at radius 1 is 1.26 bits per heavy atom. The average Bonchev–Trinajstić information content (AvgIpc) is 2.57. The van der Waals surface area contributed by atoms with E-state index < -0.39 is 0 Å². The van der Waals surface area contributed by atoms with Crippen molar-refractivity contribution in [1.82, 2.24) is 0 Å². The molecule has 19 heavy (non-hydrogen) atoms. The van der Waals surface area contributed by atoms with Crippen LogP contribution in [0.15, 0.2) is 27.1 Å². The van der Waals surface area contributed by atoms with E-state index in [0.29, 0.717) is 22.0 Å². The lowest BCUT2D eigenvalue weighted by Crippen LogP contribution is -2.13. The fourth-order valence-electron chi connectivity index (χ4n) is 1.90. The first-order valence-electron chi connectivity index (χ1n) is 5.73. The number of hydrogen-bond donors (Lipinski definition) is 1. The zero-order valence-electron chi connectivity index (χ0n) is 10.8. The second kappa shape index (κ2) is 5.39. The van der Waals surface area contributed by atoms with E-state index in [0.717, 1.165) is 15.8 Å². The van der Waals surface area contributed by atoms with Crippen LogP contribution in [-0.2, 0) is 0 Å². The summed E-state index contributed by atoms with van der Waals surface area (Å²) >= 11 is 9.23. The van der Waals surface area contributed by atoms with Crippen LogP contribution in [0, 0.1) is 20.8 Å². The SMILES string of the molecule is Cc1oc(C)c(C(=O)Nc2ccc(Cl)cc2Br)c1C. The number of aryl methyl sites for hydroxylation is 2. The Balaban J connectivity index is 2.31. The first-order chi connectivity index (χ1) is 8.90. The van der Waals surface area contributed by atoms with E-state index in [-0.39, 0.29) is 5.91 Å². The molecule has 0 aliphatic heterocycles. The summed E-state index contributed by atoms with van der Waals surface area (Å²) in [5.74, 6) is 1.20. The molecule has 1 N–H and O–H groups in total. The first kappa shape index (κ1) is 14.2. The number of carbonyl (C=O) groups is 1. The molecular weight excluding hydrogens is 330 g/mol. The molecule has 2 aromatic rings. The van der Waals surface area contributed by atoms with Crippen molar-refractivity contribution in [1.29, 1.82) is 0 Å². The van der Waals surface area contributed by atoms with Gasteiger partial charge in [0.15, 0.2) is 0 Å². The molecule has 0 unspecified atom stereocenters. The zero-order chi connectivity index (χ0) is 14.2. The normalized spacial score (nSPS) is 10.6. The molecule has 1 amide bonds. The van der Waals surface area contributed by atoms with E-state index >= 15 is 0 Å². The molecular formula is C14H13BrClNO2. The van der Waals surface area contributed by atoms with Crippen LogP contribution in [0.3, 0.4) is 0 Å². The van der Waals surface area contributed by atoms with E-state index in [9.17, 15) is 4.79 Å².